The first-order valence-corrected chi connectivity index (χ1v) is 11.1. The van der Waals surface area contributed by atoms with Crippen LogP contribution in [0.4, 0.5) is 10.5 Å². The second-order valence-corrected chi connectivity index (χ2v) is 10.3. The van der Waals surface area contributed by atoms with Crippen LogP contribution in [0.2, 0.25) is 0 Å². The fourth-order valence-electron chi connectivity index (χ4n) is 6.57. The maximum Gasteiger partial charge on any atom is 0.319 e. The second kappa shape index (κ2) is 7.02. The number of carbonyl (C=O) groups is 1. The molecule has 2 aromatic carbocycles. The van der Waals surface area contributed by atoms with Crippen LogP contribution in [0.15, 0.2) is 42.5 Å². The minimum absolute atomic E-state index is 0.0477. The minimum atomic E-state index is -0.373. The van der Waals surface area contributed by atoms with E-state index in [9.17, 15) is 4.79 Å². The average molecular weight is 393 g/mol. The number of carbonyl (C=O) groups excluding carboxylic acids is 1. The first-order chi connectivity index (χ1) is 13.9. The van der Waals surface area contributed by atoms with Crippen LogP contribution < -0.4 is 10.6 Å². The van der Waals surface area contributed by atoms with Crippen LogP contribution in [0.1, 0.15) is 52.4 Å². The van der Waals surface area contributed by atoms with E-state index in [0.717, 1.165) is 34.2 Å². The van der Waals surface area contributed by atoms with Gasteiger partial charge in [0.05, 0.1) is 16.9 Å². The van der Waals surface area contributed by atoms with Gasteiger partial charge >= 0.3 is 6.03 Å². The minimum Gasteiger partial charge on any atom is -0.367 e. The molecular formula is C25H32N2O2. The molecule has 0 aliphatic heterocycles. The third-order valence-electron chi connectivity index (χ3n) is 7.19. The summed E-state index contributed by atoms with van der Waals surface area (Å²) in [5, 5.41) is 8.23. The van der Waals surface area contributed by atoms with E-state index in [4.69, 9.17) is 4.74 Å². The van der Waals surface area contributed by atoms with Crippen molar-refractivity contribution in [3.05, 3.63) is 42.5 Å². The number of anilines is 1. The fourth-order valence-corrected chi connectivity index (χ4v) is 6.57. The maximum absolute atomic E-state index is 12.6. The van der Waals surface area contributed by atoms with Crippen LogP contribution in [0.5, 0.6) is 0 Å². The Labute approximate surface area is 173 Å². The van der Waals surface area contributed by atoms with Gasteiger partial charge in [-0.1, -0.05) is 36.4 Å². The van der Waals surface area contributed by atoms with Crippen molar-refractivity contribution < 1.29 is 9.53 Å². The van der Waals surface area contributed by atoms with E-state index < -0.39 is 0 Å². The quantitative estimate of drug-likeness (QED) is 0.683. The summed E-state index contributed by atoms with van der Waals surface area (Å²) in [5.41, 5.74) is 0.508. The number of rotatable bonds is 5. The predicted molar refractivity (Wildman–Crippen MR) is 117 cm³/mol. The van der Waals surface area contributed by atoms with Crippen molar-refractivity contribution in [3.63, 3.8) is 0 Å². The van der Waals surface area contributed by atoms with Crippen molar-refractivity contribution in [3.8, 4) is 0 Å². The molecule has 4 heteroatoms. The summed E-state index contributed by atoms with van der Waals surface area (Å²) in [6, 6.07) is 13.9. The van der Waals surface area contributed by atoms with Gasteiger partial charge in [0.2, 0.25) is 0 Å². The summed E-state index contributed by atoms with van der Waals surface area (Å²) in [6.45, 7) is 4.74. The van der Waals surface area contributed by atoms with Crippen molar-refractivity contribution in [1.29, 1.82) is 0 Å². The zero-order valence-corrected chi connectivity index (χ0v) is 17.5. The molecule has 0 unspecified atom stereocenters. The lowest BCUT2D eigenvalue weighted by Gasteiger charge is -2.58. The Bertz CT molecular complexity index is 879. The molecule has 2 amide bonds. The molecular weight excluding hydrogens is 360 g/mol. The molecule has 0 spiro atoms. The highest BCUT2D eigenvalue weighted by molar-refractivity contribution is 6.01. The topological polar surface area (TPSA) is 50.4 Å². The Balaban J connectivity index is 1.21. The zero-order chi connectivity index (χ0) is 20.1. The van der Waals surface area contributed by atoms with Crippen LogP contribution >= 0.6 is 0 Å². The summed E-state index contributed by atoms with van der Waals surface area (Å²) < 4.78 is 6.77. The Morgan fingerprint density at radius 2 is 1.62 bits per heavy atom. The molecule has 2 N–H and O–H groups in total. The van der Waals surface area contributed by atoms with Gasteiger partial charge in [0.15, 0.2) is 0 Å². The smallest absolute Gasteiger partial charge is 0.319 e. The van der Waals surface area contributed by atoms with E-state index in [0.29, 0.717) is 6.54 Å². The number of amides is 2. The fraction of sp³-hybridized carbons (Fsp3) is 0.560. The first kappa shape index (κ1) is 18.9. The van der Waals surface area contributed by atoms with Gasteiger partial charge in [-0.05, 0) is 81.6 Å². The highest BCUT2D eigenvalue weighted by Crippen LogP contribution is 2.57. The van der Waals surface area contributed by atoms with Crippen molar-refractivity contribution in [2.75, 3.05) is 11.9 Å². The van der Waals surface area contributed by atoms with Crippen molar-refractivity contribution in [1.82, 2.24) is 5.32 Å². The Morgan fingerprint density at radius 1 is 1.00 bits per heavy atom. The molecule has 0 radical (unpaired) electrons. The Morgan fingerprint density at radius 3 is 2.31 bits per heavy atom. The van der Waals surface area contributed by atoms with Gasteiger partial charge in [0.1, 0.15) is 0 Å². The molecule has 0 atom stereocenters. The predicted octanol–water partition coefficient (Wildman–Crippen LogP) is 5.73. The molecule has 4 aliphatic rings. The number of nitrogens with one attached hydrogen (secondary N) is 2. The van der Waals surface area contributed by atoms with Crippen LogP contribution in [0.25, 0.3) is 10.8 Å². The molecule has 4 fully saturated rings. The van der Waals surface area contributed by atoms with Crippen molar-refractivity contribution >= 4 is 22.5 Å². The molecule has 0 aromatic heterocycles. The molecule has 2 aromatic rings. The van der Waals surface area contributed by atoms with Crippen molar-refractivity contribution in [2.24, 2.45) is 17.8 Å². The van der Waals surface area contributed by atoms with Gasteiger partial charge in [-0.15, -0.1) is 0 Å². The highest BCUT2D eigenvalue weighted by atomic mass is 16.5. The Hall–Kier alpha value is -2.07. The lowest BCUT2D eigenvalue weighted by atomic mass is 9.54. The van der Waals surface area contributed by atoms with Crippen LogP contribution in [-0.2, 0) is 4.74 Å². The molecule has 6 rings (SSSR count). The Kier molecular flexibility index (Phi) is 4.58. The number of benzene rings is 2. The molecule has 4 nitrogen and oxygen atoms in total. The van der Waals surface area contributed by atoms with Crippen molar-refractivity contribution in [2.45, 2.75) is 63.6 Å². The second-order valence-electron chi connectivity index (χ2n) is 10.3. The van der Waals surface area contributed by atoms with Gasteiger partial charge in [-0.25, -0.2) is 4.79 Å². The largest absolute Gasteiger partial charge is 0.367 e. The molecule has 0 saturated heterocycles. The highest BCUT2D eigenvalue weighted by Gasteiger charge is 2.53. The van der Waals surface area contributed by atoms with Gasteiger partial charge in [0.25, 0.3) is 0 Å². The molecule has 4 aliphatic carbocycles. The molecule has 154 valence electrons. The summed E-state index contributed by atoms with van der Waals surface area (Å²) >= 11 is 0. The number of urea groups is 1. The van der Waals surface area contributed by atoms with E-state index in [-0.39, 0.29) is 17.2 Å². The van der Waals surface area contributed by atoms with Gasteiger partial charge in [-0.3, -0.25) is 0 Å². The van der Waals surface area contributed by atoms with E-state index in [1.165, 1.54) is 38.5 Å². The number of fused-ring (bicyclic) bond motifs is 1. The summed E-state index contributed by atoms with van der Waals surface area (Å²) in [7, 11) is 0. The van der Waals surface area contributed by atoms with Gasteiger partial charge in [-0.2, -0.15) is 0 Å². The molecule has 4 saturated carbocycles. The average Bonchev–Trinajstić information content (AvgIpc) is 2.65. The molecule has 29 heavy (non-hydrogen) atoms. The third-order valence-corrected chi connectivity index (χ3v) is 7.19. The van der Waals surface area contributed by atoms with Gasteiger partial charge < -0.3 is 15.4 Å². The molecule has 0 heterocycles. The van der Waals surface area contributed by atoms with Crippen LogP contribution in [-0.4, -0.2) is 23.8 Å². The van der Waals surface area contributed by atoms with E-state index in [1.807, 2.05) is 30.3 Å². The van der Waals surface area contributed by atoms with E-state index in [1.54, 1.807) is 0 Å². The SMILES string of the molecule is CC(C)(CNC(=O)Nc1cccc2ccccc12)OC12CC3CC(CC(C3)C1)C2. The summed E-state index contributed by atoms with van der Waals surface area (Å²) in [6.07, 6.45) is 7.87. The summed E-state index contributed by atoms with van der Waals surface area (Å²) in [4.78, 5) is 12.6. The lowest BCUT2D eigenvalue weighted by molar-refractivity contribution is -0.213. The number of hydrogen-bond donors (Lipinski definition) is 2. The van der Waals surface area contributed by atoms with Crippen LogP contribution in [0.3, 0.4) is 0 Å². The number of hydrogen-bond acceptors (Lipinski definition) is 2. The zero-order valence-electron chi connectivity index (χ0n) is 17.5. The summed E-state index contributed by atoms with van der Waals surface area (Å²) in [5.74, 6) is 2.58. The van der Waals surface area contributed by atoms with Crippen LogP contribution in [0, 0.1) is 17.8 Å². The van der Waals surface area contributed by atoms with E-state index >= 15 is 0 Å². The lowest BCUT2D eigenvalue weighted by Crippen LogP contribution is -2.56. The van der Waals surface area contributed by atoms with Gasteiger partial charge in [0, 0.05) is 11.9 Å². The monoisotopic (exact) mass is 392 g/mol. The maximum atomic E-state index is 12.6. The van der Waals surface area contributed by atoms with E-state index in [2.05, 4.69) is 36.6 Å². The third kappa shape index (κ3) is 3.87. The molecule has 4 bridgehead atoms. The first-order valence-electron chi connectivity index (χ1n) is 11.1. The standard InChI is InChI=1S/C25H32N2O2/c1-24(2,29-25-13-17-10-18(14-25)12-19(11-17)15-25)16-26-23(28)27-22-9-5-7-20-6-3-4-8-21(20)22/h3-9,17-19H,10-16H2,1-2H3,(H2,26,27,28). The number of ether oxygens (including phenoxy) is 1. The normalized spacial score (nSPS) is 30.5.